The number of phenols is 2. The van der Waals surface area contributed by atoms with E-state index < -0.39 is 0 Å². The summed E-state index contributed by atoms with van der Waals surface area (Å²) in [5, 5.41) is 18.9. The van der Waals surface area contributed by atoms with E-state index in [1.54, 1.807) is 19.2 Å². The summed E-state index contributed by atoms with van der Waals surface area (Å²) in [6.07, 6.45) is 14.1. The summed E-state index contributed by atoms with van der Waals surface area (Å²) in [5.41, 5.74) is 1.02. The van der Waals surface area contributed by atoms with Crippen LogP contribution in [0.5, 0.6) is 11.5 Å². The topological polar surface area (TPSA) is 49.7 Å². The van der Waals surface area contributed by atoms with Gasteiger partial charge in [0.05, 0.1) is 6.10 Å². The van der Waals surface area contributed by atoms with E-state index in [2.05, 4.69) is 6.92 Å². The SMILES string of the molecule is CO[C@@H](C)CCCCCCCCCCCc1cc(O)cc(O)c1. The van der Waals surface area contributed by atoms with Crippen LogP contribution < -0.4 is 0 Å². The van der Waals surface area contributed by atoms with Crippen LogP contribution in [0.4, 0.5) is 0 Å². The monoisotopic (exact) mass is 322 g/mol. The molecule has 2 N–H and O–H groups in total. The largest absolute Gasteiger partial charge is 0.508 e. The van der Waals surface area contributed by atoms with Crippen LogP contribution in [0.2, 0.25) is 0 Å². The smallest absolute Gasteiger partial charge is 0.119 e. The van der Waals surface area contributed by atoms with Gasteiger partial charge in [0.1, 0.15) is 11.5 Å². The zero-order valence-electron chi connectivity index (χ0n) is 14.9. The number of phenolic OH excluding ortho intramolecular Hbond substituents is 2. The molecule has 3 heteroatoms. The number of hydrogen-bond acceptors (Lipinski definition) is 3. The number of unbranched alkanes of at least 4 members (excludes halogenated alkanes) is 8. The maximum absolute atomic E-state index is 9.43. The van der Waals surface area contributed by atoms with Crippen LogP contribution in [0.15, 0.2) is 18.2 Å². The highest BCUT2D eigenvalue weighted by atomic mass is 16.5. The molecule has 0 aromatic heterocycles. The fourth-order valence-corrected chi connectivity index (χ4v) is 2.92. The fraction of sp³-hybridized carbons (Fsp3) is 0.700. The van der Waals surface area contributed by atoms with E-state index in [0.29, 0.717) is 6.10 Å². The zero-order chi connectivity index (χ0) is 16.9. The second-order valence-corrected chi connectivity index (χ2v) is 6.62. The third-order valence-electron chi connectivity index (χ3n) is 4.44. The first-order valence-electron chi connectivity index (χ1n) is 9.16. The molecule has 3 nitrogen and oxygen atoms in total. The molecule has 0 aliphatic carbocycles. The summed E-state index contributed by atoms with van der Waals surface area (Å²) in [6.45, 7) is 2.14. The predicted molar refractivity (Wildman–Crippen MR) is 96.1 cm³/mol. The van der Waals surface area contributed by atoms with Crippen LogP contribution in [0.25, 0.3) is 0 Å². The Morgan fingerprint density at radius 2 is 1.26 bits per heavy atom. The van der Waals surface area contributed by atoms with Gasteiger partial charge in [0.15, 0.2) is 0 Å². The van der Waals surface area contributed by atoms with E-state index in [1.807, 2.05) is 0 Å². The molecule has 1 rings (SSSR count). The first kappa shape index (κ1) is 19.8. The van der Waals surface area contributed by atoms with E-state index in [0.717, 1.165) is 18.4 Å². The van der Waals surface area contributed by atoms with Crippen molar-refractivity contribution in [3.63, 3.8) is 0 Å². The summed E-state index contributed by atoms with van der Waals surface area (Å²) < 4.78 is 5.25. The second kappa shape index (κ2) is 12.2. The van der Waals surface area contributed by atoms with E-state index in [9.17, 15) is 10.2 Å². The Morgan fingerprint density at radius 3 is 1.78 bits per heavy atom. The van der Waals surface area contributed by atoms with Crippen LogP contribution in [0.1, 0.15) is 76.7 Å². The van der Waals surface area contributed by atoms with Gasteiger partial charge >= 0.3 is 0 Å². The van der Waals surface area contributed by atoms with Crippen LogP contribution in [0, 0.1) is 0 Å². The summed E-state index contributed by atoms with van der Waals surface area (Å²) in [7, 11) is 1.79. The highest BCUT2D eigenvalue weighted by Crippen LogP contribution is 2.22. The normalized spacial score (nSPS) is 12.4. The Balaban J connectivity index is 1.90. The molecule has 0 aliphatic rings. The van der Waals surface area contributed by atoms with Gasteiger partial charge in [-0.25, -0.2) is 0 Å². The van der Waals surface area contributed by atoms with Gasteiger partial charge in [0.2, 0.25) is 0 Å². The van der Waals surface area contributed by atoms with Crippen LogP contribution >= 0.6 is 0 Å². The van der Waals surface area contributed by atoms with E-state index in [4.69, 9.17) is 4.74 Å². The van der Waals surface area contributed by atoms with Gasteiger partial charge in [-0.3, -0.25) is 0 Å². The molecular weight excluding hydrogens is 288 g/mol. The molecule has 0 radical (unpaired) electrons. The highest BCUT2D eigenvalue weighted by molar-refractivity contribution is 5.36. The zero-order valence-corrected chi connectivity index (χ0v) is 14.9. The molecule has 1 aromatic rings. The van der Waals surface area contributed by atoms with Crippen molar-refractivity contribution in [3.8, 4) is 11.5 Å². The van der Waals surface area contributed by atoms with Gasteiger partial charge in [-0.1, -0.05) is 51.4 Å². The molecule has 0 saturated heterocycles. The van der Waals surface area contributed by atoms with Crippen molar-refractivity contribution in [2.24, 2.45) is 0 Å². The van der Waals surface area contributed by atoms with E-state index in [-0.39, 0.29) is 11.5 Å². The molecule has 0 spiro atoms. The Morgan fingerprint density at radius 1 is 0.783 bits per heavy atom. The second-order valence-electron chi connectivity index (χ2n) is 6.62. The van der Waals surface area contributed by atoms with Crippen LogP contribution in [-0.2, 0) is 11.2 Å². The maximum atomic E-state index is 9.43. The average Bonchev–Trinajstić information content (AvgIpc) is 2.51. The maximum Gasteiger partial charge on any atom is 0.119 e. The number of rotatable bonds is 13. The Bertz CT molecular complexity index is 397. The molecular formula is C20H34O3. The summed E-state index contributed by atoms with van der Waals surface area (Å²) >= 11 is 0. The lowest BCUT2D eigenvalue weighted by Crippen LogP contribution is -2.03. The van der Waals surface area contributed by atoms with Crippen molar-refractivity contribution >= 4 is 0 Å². The van der Waals surface area contributed by atoms with Crippen molar-refractivity contribution in [3.05, 3.63) is 23.8 Å². The number of hydrogen-bond donors (Lipinski definition) is 2. The van der Waals surface area contributed by atoms with Crippen molar-refractivity contribution in [1.82, 2.24) is 0 Å². The van der Waals surface area contributed by atoms with Gasteiger partial charge in [-0.2, -0.15) is 0 Å². The lowest BCUT2D eigenvalue weighted by Gasteiger charge is -2.08. The minimum Gasteiger partial charge on any atom is -0.508 e. The van der Waals surface area contributed by atoms with Gasteiger partial charge in [-0.05, 0) is 43.9 Å². The number of benzene rings is 1. The summed E-state index contributed by atoms with van der Waals surface area (Å²) in [6, 6.07) is 4.85. The van der Waals surface area contributed by atoms with Crippen LogP contribution in [0.3, 0.4) is 0 Å². The summed E-state index contributed by atoms with van der Waals surface area (Å²) in [5.74, 6) is 0.305. The lowest BCUT2D eigenvalue weighted by atomic mass is 10.0. The molecule has 1 atom stereocenters. The van der Waals surface area contributed by atoms with Gasteiger partial charge in [0, 0.05) is 13.2 Å². The predicted octanol–water partition coefficient (Wildman–Crippen LogP) is 5.58. The Labute approximate surface area is 141 Å². The molecule has 0 aliphatic heterocycles. The number of aryl methyl sites for hydroxylation is 1. The molecule has 1 aromatic carbocycles. The standard InChI is InChI=1S/C20H34O3/c1-17(23-2)12-10-8-6-4-3-5-7-9-11-13-18-14-19(21)16-20(22)15-18/h14-17,21-22H,3-13H2,1-2H3/t17-/m0/s1. The Kier molecular flexibility index (Phi) is 10.5. The molecule has 0 saturated carbocycles. The summed E-state index contributed by atoms with van der Waals surface area (Å²) in [4.78, 5) is 0. The van der Waals surface area contributed by atoms with Crippen LogP contribution in [-0.4, -0.2) is 23.4 Å². The number of methoxy groups -OCH3 is 1. The fourth-order valence-electron chi connectivity index (χ4n) is 2.92. The highest BCUT2D eigenvalue weighted by Gasteiger charge is 2.00. The number of ether oxygens (including phenoxy) is 1. The Hall–Kier alpha value is -1.22. The van der Waals surface area contributed by atoms with Gasteiger partial charge in [-0.15, -0.1) is 0 Å². The molecule has 0 unspecified atom stereocenters. The quantitative estimate of drug-likeness (QED) is 0.466. The molecule has 0 amide bonds. The molecule has 132 valence electrons. The minimum absolute atomic E-state index is 0.153. The van der Waals surface area contributed by atoms with Gasteiger partial charge in [0.25, 0.3) is 0 Å². The van der Waals surface area contributed by atoms with Gasteiger partial charge < -0.3 is 14.9 Å². The van der Waals surface area contributed by atoms with Crippen molar-refractivity contribution in [2.75, 3.05) is 7.11 Å². The van der Waals surface area contributed by atoms with Crippen molar-refractivity contribution in [2.45, 2.75) is 83.7 Å². The molecule has 0 fully saturated rings. The molecule has 0 heterocycles. The average molecular weight is 322 g/mol. The third-order valence-corrected chi connectivity index (χ3v) is 4.44. The molecule has 0 bridgehead atoms. The minimum atomic E-state index is 0.153. The van der Waals surface area contributed by atoms with Crippen molar-refractivity contribution in [1.29, 1.82) is 0 Å². The lowest BCUT2D eigenvalue weighted by molar-refractivity contribution is 0.108. The first-order chi connectivity index (χ1) is 11.1. The van der Waals surface area contributed by atoms with E-state index in [1.165, 1.54) is 63.9 Å². The van der Waals surface area contributed by atoms with Crippen molar-refractivity contribution < 1.29 is 14.9 Å². The first-order valence-corrected chi connectivity index (χ1v) is 9.16. The third kappa shape index (κ3) is 10.2. The van der Waals surface area contributed by atoms with E-state index >= 15 is 0 Å². The number of aromatic hydroxyl groups is 2. The molecule has 23 heavy (non-hydrogen) atoms.